The van der Waals surface area contributed by atoms with Gasteiger partial charge in [-0.2, -0.15) is 0 Å². The lowest BCUT2D eigenvalue weighted by molar-refractivity contribution is -0.132. The predicted molar refractivity (Wildman–Crippen MR) is 152 cm³/mol. The topological polar surface area (TPSA) is 93.1 Å². The van der Waals surface area contributed by atoms with Gasteiger partial charge in [-0.05, 0) is 65.2 Å². The van der Waals surface area contributed by atoms with Gasteiger partial charge in [0.1, 0.15) is 17.6 Å². The third-order valence-electron chi connectivity index (χ3n) is 6.47. The van der Waals surface area contributed by atoms with Crippen LogP contribution in [0.3, 0.4) is 0 Å². The number of ether oxygens (including phenoxy) is 2. The zero-order valence-electron chi connectivity index (χ0n) is 23.0. The first-order valence-corrected chi connectivity index (χ1v) is 13.6. The average Bonchev–Trinajstić information content (AvgIpc) is 3.52. The Hall–Kier alpha value is -3.91. The molecule has 4 rings (SSSR count). The number of methoxy groups -OCH3 is 1. The fourth-order valence-electron chi connectivity index (χ4n) is 4.50. The van der Waals surface area contributed by atoms with E-state index in [1.165, 1.54) is 16.2 Å². The van der Waals surface area contributed by atoms with Crippen LogP contribution in [-0.2, 0) is 19.7 Å². The largest absolute Gasteiger partial charge is 0.507 e. The van der Waals surface area contributed by atoms with Crippen LogP contribution in [0.2, 0.25) is 0 Å². The Morgan fingerprint density at radius 3 is 2.28 bits per heavy atom. The molecule has 0 saturated carbocycles. The van der Waals surface area contributed by atoms with Crippen molar-refractivity contribution in [2.24, 2.45) is 5.92 Å². The third kappa shape index (κ3) is 5.61. The molecule has 2 aromatic carbocycles. The predicted octanol–water partition coefficient (Wildman–Crippen LogP) is 6.49. The van der Waals surface area contributed by atoms with Crippen molar-refractivity contribution >= 4 is 40.4 Å². The Balaban J connectivity index is 1.79. The lowest BCUT2D eigenvalue weighted by Crippen LogP contribution is -2.29. The second-order valence-electron chi connectivity index (χ2n) is 10.9. The highest BCUT2D eigenvalue weighted by Gasteiger charge is 2.47. The summed E-state index contributed by atoms with van der Waals surface area (Å²) in [5, 5.41) is 13.4. The van der Waals surface area contributed by atoms with E-state index >= 15 is 0 Å². The normalized spacial score (nSPS) is 17.1. The summed E-state index contributed by atoms with van der Waals surface area (Å²) in [4.78, 5) is 41.3. The minimum Gasteiger partial charge on any atom is -0.507 e. The number of anilines is 1. The highest BCUT2D eigenvalue weighted by molar-refractivity contribution is 7.10. The Bertz CT molecular complexity index is 1410. The lowest BCUT2D eigenvalue weighted by atomic mass is 9.84. The number of thiophene rings is 1. The molecule has 1 N–H and O–H groups in total. The van der Waals surface area contributed by atoms with E-state index in [-0.39, 0.29) is 22.7 Å². The maximum Gasteiger partial charge on any atom is 0.338 e. The van der Waals surface area contributed by atoms with E-state index in [4.69, 9.17) is 9.47 Å². The number of aliphatic hydroxyl groups is 1. The molecule has 0 radical (unpaired) electrons. The molecule has 8 heteroatoms. The average molecular weight is 548 g/mol. The smallest absolute Gasteiger partial charge is 0.338 e. The van der Waals surface area contributed by atoms with Crippen molar-refractivity contribution in [2.75, 3.05) is 18.6 Å². The molecule has 1 atom stereocenters. The van der Waals surface area contributed by atoms with Gasteiger partial charge in [0.2, 0.25) is 0 Å². The van der Waals surface area contributed by atoms with E-state index in [0.717, 1.165) is 10.4 Å². The van der Waals surface area contributed by atoms with Gasteiger partial charge in [0, 0.05) is 21.7 Å². The van der Waals surface area contributed by atoms with Crippen molar-refractivity contribution in [1.82, 2.24) is 0 Å². The Labute approximate surface area is 232 Å². The van der Waals surface area contributed by atoms with Crippen molar-refractivity contribution in [3.8, 4) is 5.75 Å². The van der Waals surface area contributed by atoms with Crippen molar-refractivity contribution in [3.63, 3.8) is 0 Å². The number of nitrogens with zero attached hydrogens (tertiary/aromatic N) is 1. The second kappa shape index (κ2) is 11.1. The van der Waals surface area contributed by atoms with E-state index in [9.17, 15) is 19.5 Å². The van der Waals surface area contributed by atoms with Crippen LogP contribution in [0.15, 0.2) is 65.6 Å². The summed E-state index contributed by atoms with van der Waals surface area (Å²) in [6.07, 6.45) is 0. The summed E-state index contributed by atoms with van der Waals surface area (Å²) in [6, 6.07) is 14.4. The minimum absolute atomic E-state index is 0.00731. The minimum atomic E-state index is -0.830. The quantitative estimate of drug-likeness (QED) is 0.157. The summed E-state index contributed by atoms with van der Waals surface area (Å²) in [6.45, 7) is 10.3. The van der Waals surface area contributed by atoms with Crippen LogP contribution in [-0.4, -0.2) is 36.5 Å². The molecule has 204 valence electrons. The summed E-state index contributed by atoms with van der Waals surface area (Å²) in [5.74, 6) is -1.37. The SMILES string of the molecule is COc1ccc(/C(O)=C2/C(=O)C(=O)N(c3ccc(C(=O)OCC(C)C)cc3)C2c2cccs2)cc1C(C)(C)C. The molecule has 0 aliphatic carbocycles. The van der Waals surface area contributed by atoms with Gasteiger partial charge in [-0.25, -0.2) is 4.79 Å². The zero-order chi connectivity index (χ0) is 28.5. The van der Waals surface area contributed by atoms with Crippen LogP contribution in [0.5, 0.6) is 5.75 Å². The number of esters is 1. The van der Waals surface area contributed by atoms with Crippen molar-refractivity contribution < 1.29 is 29.0 Å². The van der Waals surface area contributed by atoms with E-state index in [1.807, 2.05) is 52.1 Å². The zero-order valence-corrected chi connectivity index (χ0v) is 23.8. The highest BCUT2D eigenvalue weighted by Crippen LogP contribution is 2.44. The van der Waals surface area contributed by atoms with E-state index < -0.39 is 23.7 Å². The van der Waals surface area contributed by atoms with Gasteiger partial charge in [0.25, 0.3) is 11.7 Å². The number of rotatable bonds is 7. The number of aliphatic hydroxyl groups excluding tert-OH is 1. The van der Waals surface area contributed by atoms with Crippen molar-refractivity contribution in [1.29, 1.82) is 0 Å². The summed E-state index contributed by atoms with van der Waals surface area (Å²) < 4.78 is 10.8. The van der Waals surface area contributed by atoms with Crippen molar-refractivity contribution in [2.45, 2.75) is 46.1 Å². The first-order valence-electron chi connectivity index (χ1n) is 12.7. The van der Waals surface area contributed by atoms with Crippen LogP contribution in [0.1, 0.15) is 67.0 Å². The van der Waals surface area contributed by atoms with Crippen molar-refractivity contribution in [3.05, 3.63) is 87.1 Å². The Morgan fingerprint density at radius 2 is 1.72 bits per heavy atom. The number of Topliss-reactive ketones (excluding diaryl/α,β-unsaturated/α-hetero) is 1. The van der Waals surface area contributed by atoms with E-state index in [0.29, 0.717) is 29.2 Å². The summed E-state index contributed by atoms with van der Waals surface area (Å²) in [7, 11) is 1.59. The van der Waals surface area contributed by atoms with E-state index in [1.54, 1.807) is 49.6 Å². The van der Waals surface area contributed by atoms with Crippen LogP contribution in [0.25, 0.3) is 5.76 Å². The molecular formula is C31H33NO6S. The molecule has 1 saturated heterocycles. The number of carbonyl (C=O) groups is 3. The second-order valence-corrected chi connectivity index (χ2v) is 11.9. The number of hydrogen-bond acceptors (Lipinski definition) is 7. The molecule has 0 bridgehead atoms. The number of ketones is 1. The van der Waals surface area contributed by atoms with Gasteiger partial charge in [0.15, 0.2) is 0 Å². The van der Waals surface area contributed by atoms with Crippen LogP contribution in [0.4, 0.5) is 5.69 Å². The maximum absolute atomic E-state index is 13.4. The number of carbonyl (C=O) groups excluding carboxylic acids is 3. The van der Waals surface area contributed by atoms with E-state index in [2.05, 4.69) is 0 Å². The van der Waals surface area contributed by atoms with Gasteiger partial charge in [-0.3, -0.25) is 14.5 Å². The lowest BCUT2D eigenvalue weighted by Gasteiger charge is -2.25. The molecule has 1 aliphatic rings. The summed E-state index contributed by atoms with van der Waals surface area (Å²) >= 11 is 1.38. The Kier molecular flexibility index (Phi) is 7.97. The van der Waals surface area contributed by atoms with Gasteiger partial charge in [-0.1, -0.05) is 40.7 Å². The number of hydrogen-bond donors (Lipinski definition) is 1. The van der Waals surface area contributed by atoms with Gasteiger partial charge in [-0.15, -0.1) is 11.3 Å². The fourth-order valence-corrected chi connectivity index (χ4v) is 5.32. The van der Waals surface area contributed by atoms with Crippen LogP contribution >= 0.6 is 11.3 Å². The number of amides is 1. The first-order chi connectivity index (χ1) is 18.4. The molecule has 39 heavy (non-hydrogen) atoms. The van der Waals surface area contributed by atoms with Gasteiger partial charge in [0.05, 0.1) is 24.9 Å². The summed E-state index contributed by atoms with van der Waals surface area (Å²) in [5.41, 5.74) is 1.77. The number of benzene rings is 2. The standard InChI is InChI=1S/C31H33NO6S/c1-18(2)17-38-30(36)19-9-12-21(13-10-19)32-26(24-8-7-15-39-24)25(28(34)29(32)35)27(33)20-11-14-23(37-6)22(16-20)31(3,4)5/h7-16,18,26,33H,17H2,1-6H3/b27-25-. The third-order valence-corrected chi connectivity index (χ3v) is 7.39. The van der Waals surface area contributed by atoms with Gasteiger partial charge >= 0.3 is 5.97 Å². The molecular weight excluding hydrogens is 514 g/mol. The molecule has 1 unspecified atom stereocenters. The Morgan fingerprint density at radius 1 is 1.05 bits per heavy atom. The monoisotopic (exact) mass is 547 g/mol. The first kappa shape index (κ1) is 28.1. The molecule has 2 heterocycles. The molecule has 1 aromatic heterocycles. The van der Waals surface area contributed by atoms with Crippen LogP contribution in [0, 0.1) is 5.92 Å². The highest BCUT2D eigenvalue weighted by atomic mass is 32.1. The molecule has 1 fully saturated rings. The van der Waals surface area contributed by atoms with Gasteiger partial charge < -0.3 is 14.6 Å². The maximum atomic E-state index is 13.4. The fraction of sp³-hybridized carbons (Fsp3) is 0.323. The van der Waals surface area contributed by atoms with Crippen LogP contribution < -0.4 is 9.64 Å². The molecule has 0 spiro atoms. The molecule has 1 aliphatic heterocycles. The molecule has 1 amide bonds. The molecule has 3 aromatic rings. The molecule has 7 nitrogen and oxygen atoms in total.